The largest absolute Gasteiger partial charge is 0.377 e. The number of sulfonamides is 1. The van der Waals surface area contributed by atoms with Crippen LogP contribution in [0.3, 0.4) is 0 Å². The van der Waals surface area contributed by atoms with Gasteiger partial charge < -0.3 is 4.74 Å². The molecule has 1 aromatic heterocycles. The minimum atomic E-state index is -3.47. The van der Waals surface area contributed by atoms with Gasteiger partial charge in [-0.25, -0.2) is 8.42 Å². The third kappa shape index (κ3) is 3.56. The van der Waals surface area contributed by atoms with Crippen LogP contribution in [0.4, 0.5) is 0 Å². The fraction of sp³-hybridized carbons (Fsp3) is 0.667. The SMILES string of the molecule is CCOC1CCCN(S(=O)(=O)c2cc(CCl)sc2Br)C1. The van der Waals surface area contributed by atoms with E-state index in [1.54, 1.807) is 6.07 Å². The third-order valence-corrected chi connectivity index (χ3v) is 7.76. The number of nitrogens with zero attached hydrogens (tertiary/aromatic N) is 1. The van der Waals surface area contributed by atoms with E-state index in [1.165, 1.54) is 15.6 Å². The van der Waals surface area contributed by atoms with Gasteiger partial charge in [-0.1, -0.05) is 0 Å². The molecule has 0 radical (unpaired) electrons. The van der Waals surface area contributed by atoms with Crippen molar-refractivity contribution < 1.29 is 13.2 Å². The van der Waals surface area contributed by atoms with E-state index in [4.69, 9.17) is 16.3 Å². The summed E-state index contributed by atoms with van der Waals surface area (Å²) < 4.78 is 33.1. The molecule has 0 aromatic carbocycles. The van der Waals surface area contributed by atoms with E-state index in [2.05, 4.69) is 15.9 Å². The van der Waals surface area contributed by atoms with Gasteiger partial charge in [-0.3, -0.25) is 0 Å². The molecule has 4 nitrogen and oxygen atoms in total. The van der Waals surface area contributed by atoms with Crippen molar-refractivity contribution in [2.45, 2.75) is 36.6 Å². The second kappa shape index (κ2) is 7.07. The van der Waals surface area contributed by atoms with Crippen molar-refractivity contribution in [3.63, 3.8) is 0 Å². The number of piperidine rings is 1. The van der Waals surface area contributed by atoms with E-state index in [0.717, 1.165) is 17.7 Å². The summed E-state index contributed by atoms with van der Waals surface area (Å²) in [5, 5.41) is 0. The van der Waals surface area contributed by atoms with Crippen LogP contribution in [-0.4, -0.2) is 38.5 Å². The van der Waals surface area contributed by atoms with Crippen molar-refractivity contribution in [3.05, 3.63) is 14.7 Å². The van der Waals surface area contributed by atoms with E-state index >= 15 is 0 Å². The lowest BCUT2D eigenvalue weighted by atomic mass is 10.1. The van der Waals surface area contributed by atoms with E-state index in [-0.39, 0.29) is 6.10 Å². The van der Waals surface area contributed by atoms with Crippen LogP contribution >= 0.6 is 38.9 Å². The number of halogens is 2. The van der Waals surface area contributed by atoms with E-state index in [0.29, 0.717) is 34.3 Å². The molecule has 2 heterocycles. The summed E-state index contributed by atoms with van der Waals surface area (Å²) in [4.78, 5) is 1.16. The summed E-state index contributed by atoms with van der Waals surface area (Å²) in [6, 6.07) is 1.65. The Morgan fingerprint density at radius 2 is 2.35 bits per heavy atom. The van der Waals surface area contributed by atoms with Crippen LogP contribution in [0.5, 0.6) is 0 Å². The zero-order chi connectivity index (χ0) is 14.8. The topological polar surface area (TPSA) is 46.6 Å². The van der Waals surface area contributed by atoms with Gasteiger partial charge in [0.1, 0.15) is 4.90 Å². The maximum absolute atomic E-state index is 12.7. The Bertz CT molecular complexity index is 559. The molecule has 1 fully saturated rings. The Morgan fingerprint density at radius 1 is 1.60 bits per heavy atom. The Balaban J connectivity index is 2.22. The highest BCUT2D eigenvalue weighted by Crippen LogP contribution is 2.35. The smallest absolute Gasteiger partial charge is 0.245 e. The van der Waals surface area contributed by atoms with Crippen molar-refractivity contribution in [2.24, 2.45) is 0 Å². The molecular formula is C12H17BrClNO3S2. The first-order valence-electron chi connectivity index (χ1n) is 6.45. The number of thiophene rings is 1. The van der Waals surface area contributed by atoms with Crippen molar-refractivity contribution in [1.82, 2.24) is 4.31 Å². The second-order valence-corrected chi connectivity index (χ2v) is 9.20. The van der Waals surface area contributed by atoms with Crippen LogP contribution in [0.2, 0.25) is 0 Å². The number of ether oxygens (including phenoxy) is 1. The lowest BCUT2D eigenvalue weighted by Gasteiger charge is -2.31. The fourth-order valence-electron chi connectivity index (χ4n) is 2.27. The molecule has 1 atom stereocenters. The molecule has 0 aliphatic carbocycles. The summed E-state index contributed by atoms with van der Waals surface area (Å²) in [5.74, 6) is 0.320. The van der Waals surface area contributed by atoms with Crippen LogP contribution in [0.1, 0.15) is 24.6 Å². The summed E-state index contributed by atoms with van der Waals surface area (Å²) >= 11 is 10.5. The Hall–Kier alpha value is 0.340. The van der Waals surface area contributed by atoms with Gasteiger partial charge in [0.2, 0.25) is 10.0 Å². The van der Waals surface area contributed by atoms with Gasteiger partial charge >= 0.3 is 0 Å². The average Bonchev–Trinajstić information content (AvgIpc) is 2.81. The van der Waals surface area contributed by atoms with Gasteiger partial charge in [-0.2, -0.15) is 4.31 Å². The fourth-order valence-corrected chi connectivity index (χ4v) is 6.51. The van der Waals surface area contributed by atoms with Crippen LogP contribution < -0.4 is 0 Å². The summed E-state index contributed by atoms with van der Waals surface area (Å²) in [7, 11) is -3.47. The molecule has 2 rings (SSSR count). The summed E-state index contributed by atoms with van der Waals surface area (Å²) in [5.41, 5.74) is 0. The van der Waals surface area contributed by atoms with Crippen molar-refractivity contribution in [3.8, 4) is 0 Å². The zero-order valence-electron chi connectivity index (χ0n) is 11.1. The Morgan fingerprint density at radius 3 is 2.95 bits per heavy atom. The standard InChI is InChI=1S/C12H17BrClNO3S2/c1-2-18-9-4-3-5-15(8-9)20(16,17)11-6-10(7-14)19-12(11)13/h6,9H,2-5,7-8H2,1H3. The lowest BCUT2D eigenvalue weighted by Crippen LogP contribution is -2.43. The molecule has 20 heavy (non-hydrogen) atoms. The Labute approximate surface area is 137 Å². The molecule has 0 saturated carbocycles. The van der Waals surface area contributed by atoms with E-state index < -0.39 is 10.0 Å². The van der Waals surface area contributed by atoms with Gasteiger partial charge in [-0.15, -0.1) is 22.9 Å². The molecule has 0 amide bonds. The number of rotatable bonds is 5. The highest BCUT2D eigenvalue weighted by Gasteiger charge is 2.32. The predicted octanol–water partition coefficient (Wildman–Crippen LogP) is 3.44. The molecule has 114 valence electrons. The molecule has 1 unspecified atom stereocenters. The summed E-state index contributed by atoms with van der Waals surface area (Å²) in [6.45, 7) is 3.51. The van der Waals surface area contributed by atoms with Crippen molar-refractivity contribution in [2.75, 3.05) is 19.7 Å². The normalized spacial score (nSPS) is 21.2. The maximum atomic E-state index is 12.7. The van der Waals surface area contributed by atoms with Crippen molar-refractivity contribution >= 4 is 48.9 Å². The van der Waals surface area contributed by atoms with E-state index in [1.807, 2.05) is 6.92 Å². The van der Waals surface area contributed by atoms with Gasteiger partial charge in [0, 0.05) is 24.6 Å². The molecule has 8 heteroatoms. The first kappa shape index (κ1) is 16.7. The lowest BCUT2D eigenvalue weighted by molar-refractivity contribution is 0.0265. The molecule has 1 aromatic rings. The molecular weight excluding hydrogens is 386 g/mol. The van der Waals surface area contributed by atoms with Crippen molar-refractivity contribution in [1.29, 1.82) is 0 Å². The predicted molar refractivity (Wildman–Crippen MR) is 85.0 cm³/mol. The minimum Gasteiger partial charge on any atom is -0.377 e. The first-order valence-corrected chi connectivity index (χ1v) is 10.0. The molecule has 0 spiro atoms. The average molecular weight is 403 g/mol. The van der Waals surface area contributed by atoms with Crippen LogP contribution in [0, 0.1) is 0 Å². The van der Waals surface area contributed by atoms with Gasteiger partial charge in [0.15, 0.2) is 0 Å². The van der Waals surface area contributed by atoms with Crippen LogP contribution in [0.15, 0.2) is 14.7 Å². The van der Waals surface area contributed by atoms with Gasteiger partial charge in [-0.05, 0) is 41.8 Å². The molecule has 1 aliphatic heterocycles. The third-order valence-electron chi connectivity index (χ3n) is 3.20. The van der Waals surface area contributed by atoms with Crippen LogP contribution in [-0.2, 0) is 20.6 Å². The molecule has 0 bridgehead atoms. The van der Waals surface area contributed by atoms with Gasteiger partial charge in [0.05, 0.1) is 15.8 Å². The number of hydrogen-bond donors (Lipinski definition) is 0. The highest BCUT2D eigenvalue weighted by atomic mass is 79.9. The first-order chi connectivity index (χ1) is 9.48. The molecule has 1 saturated heterocycles. The van der Waals surface area contributed by atoms with E-state index in [9.17, 15) is 8.42 Å². The highest BCUT2D eigenvalue weighted by molar-refractivity contribution is 9.11. The molecule has 0 N–H and O–H groups in total. The van der Waals surface area contributed by atoms with Gasteiger partial charge in [0.25, 0.3) is 0 Å². The number of alkyl halides is 1. The Kier molecular flexibility index (Phi) is 5.90. The van der Waals surface area contributed by atoms with Crippen LogP contribution in [0.25, 0.3) is 0 Å². The maximum Gasteiger partial charge on any atom is 0.245 e. The summed E-state index contributed by atoms with van der Waals surface area (Å²) in [6.07, 6.45) is 1.74. The molecule has 1 aliphatic rings. The minimum absolute atomic E-state index is 0.00608. The number of hydrogen-bond acceptors (Lipinski definition) is 4. The monoisotopic (exact) mass is 401 g/mol. The second-order valence-electron chi connectivity index (χ2n) is 4.57. The zero-order valence-corrected chi connectivity index (χ0v) is 15.1. The quantitative estimate of drug-likeness (QED) is 0.709.